The van der Waals surface area contributed by atoms with Crippen molar-refractivity contribution in [2.45, 2.75) is 13.8 Å². The molecular weight excluding hydrogens is 506 g/mol. The van der Waals surface area contributed by atoms with Gasteiger partial charge in [-0.3, -0.25) is 14.4 Å². The van der Waals surface area contributed by atoms with E-state index in [-0.39, 0.29) is 16.6 Å². The second-order valence-corrected chi connectivity index (χ2v) is 8.94. The molecular formula is C25H19BrClN3O3. The number of hydrogen-bond donors (Lipinski definition) is 2. The van der Waals surface area contributed by atoms with E-state index in [0.29, 0.717) is 22.6 Å². The molecule has 0 radical (unpaired) electrons. The number of nitrogens with one attached hydrogen (secondary N) is 2. The van der Waals surface area contributed by atoms with Crippen LogP contribution in [0.2, 0.25) is 0 Å². The predicted octanol–water partition coefficient (Wildman–Crippen LogP) is 5.75. The molecule has 3 amide bonds. The molecule has 0 spiro atoms. The van der Waals surface area contributed by atoms with Crippen LogP contribution in [0.3, 0.4) is 0 Å². The molecule has 8 heteroatoms. The number of carbonyl (C=O) groups excluding carboxylic acids is 3. The molecule has 0 aromatic heterocycles. The molecule has 1 aliphatic heterocycles. The second-order valence-electron chi connectivity index (χ2n) is 7.65. The van der Waals surface area contributed by atoms with Crippen molar-refractivity contribution in [1.82, 2.24) is 0 Å². The van der Waals surface area contributed by atoms with Crippen LogP contribution in [0.1, 0.15) is 21.5 Å². The van der Waals surface area contributed by atoms with Crippen molar-refractivity contribution in [3.8, 4) is 0 Å². The van der Waals surface area contributed by atoms with Gasteiger partial charge in [-0.25, -0.2) is 4.90 Å². The molecule has 1 heterocycles. The van der Waals surface area contributed by atoms with Crippen LogP contribution in [-0.4, -0.2) is 17.7 Å². The lowest BCUT2D eigenvalue weighted by molar-refractivity contribution is -0.120. The maximum Gasteiger partial charge on any atom is 0.283 e. The molecule has 0 bridgehead atoms. The standard InChI is InChI=1S/C25H19BrClN3O3/c1-14-10-15(2)12-20(11-14)30-24(32)21(27)22(25(30)33)28-19-5-3-4-16(13-19)23(31)29-18-8-6-17(26)7-9-18/h3-13,28H,1-2H3,(H,29,31). The summed E-state index contributed by atoms with van der Waals surface area (Å²) in [6.45, 7) is 3.78. The third kappa shape index (κ3) is 4.84. The fourth-order valence-corrected chi connectivity index (χ4v) is 4.02. The Labute approximate surface area is 204 Å². The topological polar surface area (TPSA) is 78.5 Å². The quantitative estimate of drug-likeness (QED) is 0.416. The lowest BCUT2D eigenvalue weighted by Gasteiger charge is -2.16. The summed E-state index contributed by atoms with van der Waals surface area (Å²) >= 11 is 9.60. The zero-order valence-electron chi connectivity index (χ0n) is 17.8. The number of rotatable bonds is 5. The summed E-state index contributed by atoms with van der Waals surface area (Å²) in [6, 6.07) is 19.3. The zero-order chi connectivity index (χ0) is 23.7. The highest BCUT2D eigenvalue weighted by Crippen LogP contribution is 2.31. The first-order valence-electron chi connectivity index (χ1n) is 10.0. The molecule has 0 fully saturated rings. The van der Waals surface area contributed by atoms with Gasteiger partial charge in [0.25, 0.3) is 17.7 Å². The number of aryl methyl sites for hydroxylation is 2. The van der Waals surface area contributed by atoms with Crippen LogP contribution < -0.4 is 15.5 Å². The van der Waals surface area contributed by atoms with Gasteiger partial charge in [-0.15, -0.1) is 0 Å². The average molecular weight is 525 g/mol. The molecule has 0 aliphatic carbocycles. The number of benzene rings is 3. The summed E-state index contributed by atoms with van der Waals surface area (Å²) in [6.07, 6.45) is 0. The van der Waals surface area contributed by atoms with Crippen molar-refractivity contribution in [2.24, 2.45) is 0 Å². The molecule has 0 saturated carbocycles. The van der Waals surface area contributed by atoms with Crippen LogP contribution in [0, 0.1) is 13.8 Å². The van der Waals surface area contributed by atoms with Crippen LogP contribution in [0.5, 0.6) is 0 Å². The lowest BCUT2D eigenvalue weighted by atomic mass is 10.1. The molecule has 1 aliphatic rings. The molecule has 33 heavy (non-hydrogen) atoms. The summed E-state index contributed by atoms with van der Waals surface area (Å²) < 4.78 is 0.905. The maximum atomic E-state index is 13.1. The van der Waals surface area contributed by atoms with E-state index in [1.165, 1.54) is 0 Å². The monoisotopic (exact) mass is 523 g/mol. The van der Waals surface area contributed by atoms with Gasteiger partial charge in [-0.2, -0.15) is 0 Å². The first-order valence-corrected chi connectivity index (χ1v) is 11.2. The highest BCUT2D eigenvalue weighted by atomic mass is 79.9. The van der Waals surface area contributed by atoms with Crippen molar-refractivity contribution in [3.05, 3.63) is 98.6 Å². The van der Waals surface area contributed by atoms with E-state index >= 15 is 0 Å². The maximum absolute atomic E-state index is 13.1. The summed E-state index contributed by atoms with van der Waals surface area (Å²) in [4.78, 5) is 39.5. The Morgan fingerprint density at radius 1 is 0.879 bits per heavy atom. The van der Waals surface area contributed by atoms with E-state index in [0.717, 1.165) is 20.5 Å². The van der Waals surface area contributed by atoms with Crippen LogP contribution in [0.15, 0.2) is 81.9 Å². The predicted molar refractivity (Wildman–Crippen MR) is 133 cm³/mol. The normalized spacial score (nSPS) is 13.5. The van der Waals surface area contributed by atoms with E-state index in [1.54, 1.807) is 48.5 Å². The minimum absolute atomic E-state index is 0.0358. The zero-order valence-corrected chi connectivity index (χ0v) is 20.1. The Hall–Kier alpha value is -3.42. The first-order chi connectivity index (χ1) is 15.7. The number of hydrogen-bond acceptors (Lipinski definition) is 4. The number of imide groups is 1. The number of carbonyl (C=O) groups is 3. The molecule has 166 valence electrons. The number of amides is 3. The summed E-state index contributed by atoms with van der Waals surface area (Å²) in [7, 11) is 0. The molecule has 0 unspecified atom stereocenters. The molecule has 0 saturated heterocycles. The van der Waals surface area contributed by atoms with Crippen LogP contribution in [0.25, 0.3) is 0 Å². The van der Waals surface area contributed by atoms with Gasteiger partial charge in [0.05, 0.1) is 5.69 Å². The molecule has 6 nitrogen and oxygen atoms in total. The second kappa shape index (κ2) is 9.21. The highest BCUT2D eigenvalue weighted by Gasteiger charge is 2.39. The molecule has 2 N–H and O–H groups in total. The van der Waals surface area contributed by atoms with Crippen molar-refractivity contribution in [2.75, 3.05) is 15.5 Å². The Balaban J connectivity index is 1.55. The van der Waals surface area contributed by atoms with Crippen LogP contribution in [-0.2, 0) is 9.59 Å². The Morgan fingerprint density at radius 2 is 1.55 bits per heavy atom. The Bertz CT molecular complexity index is 1300. The van der Waals surface area contributed by atoms with Gasteiger partial charge in [-0.1, -0.05) is 39.7 Å². The summed E-state index contributed by atoms with van der Waals surface area (Å²) in [5.41, 5.74) is 3.75. The highest BCUT2D eigenvalue weighted by molar-refractivity contribution is 9.10. The fraction of sp³-hybridized carbons (Fsp3) is 0.0800. The number of anilines is 3. The van der Waals surface area contributed by atoms with Gasteiger partial charge >= 0.3 is 0 Å². The lowest BCUT2D eigenvalue weighted by Crippen LogP contribution is -2.32. The van der Waals surface area contributed by atoms with Crippen LogP contribution in [0.4, 0.5) is 17.1 Å². The molecule has 4 rings (SSSR count). The van der Waals surface area contributed by atoms with E-state index in [1.807, 2.05) is 32.0 Å². The largest absolute Gasteiger partial charge is 0.350 e. The molecule has 3 aromatic carbocycles. The Kier molecular flexibility index (Phi) is 6.35. The van der Waals surface area contributed by atoms with Gasteiger partial charge in [0.2, 0.25) is 0 Å². The first kappa shape index (κ1) is 22.8. The van der Waals surface area contributed by atoms with Gasteiger partial charge in [0.15, 0.2) is 0 Å². The van der Waals surface area contributed by atoms with Gasteiger partial charge in [-0.05, 0) is 79.6 Å². The third-order valence-electron chi connectivity index (χ3n) is 4.99. The smallest absolute Gasteiger partial charge is 0.283 e. The Morgan fingerprint density at radius 3 is 2.21 bits per heavy atom. The van der Waals surface area contributed by atoms with Gasteiger partial charge in [0.1, 0.15) is 10.7 Å². The number of nitrogens with zero attached hydrogens (tertiary/aromatic N) is 1. The van der Waals surface area contributed by atoms with Gasteiger partial charge < -0.3 is 10.6 Å². The summed E-state index contributed by atoms with van der Waals surface area (Å²) in [5.74, 6) is -1.47. The van der Waals surface area contributed by atoms with E-state index in [9.17, 15) is 14.4 Å². The van der Waals surface area contributed by atoms with E-state index in [2.05, 4.69) is 26.6 Å². The minimum Gasteiger partial charge on any atom is -0.350 e. The molecule has 3 aromatic rings. The third-order valence-corrected chi connectivity index (χ3v) is 5.87. The van der Waals surface area contributed by atoms with Crippen molar-refractivity contribution in [1.29, 1.82) is 0 Å². The van der Waals surface area contributed by atoms with Gasteiger partial charge in [0, 0.05) is 21.4 Å². The fourth-order valence-electron chi connectivity index (χ4n) is 3.54. The molecule has 0 atom stereocenters. The minimum atomic E-state index is -0.599. The van der Waals surface area contributed by atoms with Crippen molar-refractivity contribution in [3.63, 3.8) is 0 Å². The summed E-state index contributed by atoms with van der Waals surface area (Å²) in [5, 5.41) is 5.53. The van der Waals surface area contributed by atoms with E-state index < -0.39 is 11.8 Å². The van der Waals surface area contributed by atoms with Crippen molar-refractivity contribution >= 4 is 62.3 Å². The van der Waals surface area contributed by atoms with E-state index in [4.69, 9.17) is 11.6 Å². The average Bonchev–Trinajstić information content (AvgIpc) is 2.98. The SMILES string of the molecule is Cc1cc(C)cc(N2C(=O)C(Cl)=C(Nc3cccc(C(=O)Nc4ccc(Br)cc4)c3)C2=O)c1. The van der Waals surface area contributed by atoms with Crippen LogP contribution >= 0.6 is 27.5 Å². The number of halogens is 2. The van der Waals surface area contributed by atoms with Crippen molar-refractivity contribution < 1.29 is 14.4 Å².